The Labute approximate surface area is 89.9 Å². The molecule has 0 aromatic rings. The second-order valence-corrected chi connectivity index (χ2v) is 4.76. The van der Waals surface area contributed by atoms with Crippen molar-refractivity contribution >= 4 is 0 Å². The van der Waals surface area contributed by atoms with Crippen molar-refractivity contribution in [3.05, 3.63) is 0 Å². The Balaban J connectivity index is 2.41. The second-order valence-electron chi connectivity index (χ2n) is 4.76. The van der Waals surface area contributed by atoms with E-state index in [1.54, 1.807) is 0 Å². The van der Waals surface area contributed by atoms with Crippen molar-refractivity contribution in [3.8, 4) is 0 Å². The highest BCUT2D eigenvalue weighted by Crippen LogP contribution is 2.24. The summed E-state index contributed by atoms with van der Waals surface area (Å²) in [7, 11) is 0. The summed E-state index contributed by atoms with van der Waals surface area (Å²) in [5.74, 6) is 0. The van der Waals surface area contributed by atoms with E-state index in [9.17, 15) is 0 Å². The van der Waals surface area contributed by atoms with Gasteiger partial charge in [0.05, 0.1) is 0 Å². The average Bonchev–Trinajstić information content (AvgIpc) is 2.21. The minimum atomic E-state index is 0.799. The van der Waals surface area contributed by atoms with Crippen molar-refractivity contribution in [1.29, 1.82) is 0 Å². The molecule has 0 saturated heterocycles. The first-order chi connectivity index (χ1) is 6.79. The largest absolute Gasteiger partial charge is 0.298 e. The van der Waals surface area contributed by atoms with E-state index >= 15 is 0 Å². The normalized spacial score (nSPS) is 21.4. The highest BCUT2D eigenvalue weighted by Gasteiger charge is 2.22. The molecule has 0 heterocycles. The summed E-state index contributed by atoms with van der Waals surface area (Å²) in [6.45, 7) is 8.26. The lowest BCUT2D eigenvalue weighted by molar-refractivity contribution is 0.113. The third kappa shape index (κ3) is 3.27. The summed E-state index contributed by atoms with van der Waals surface area (Å²) in [4.78, 5) is 2.74. The van der Waals surface area contributed by atoms with Gasteiger partial charge < -0.3 is 0 Å². The molecule has 1 rings (SSSR count). The highest BCUT2D eigenvalue weighted by atomic mass is 15.2. The minimum absolute atomic E-state index is 0.799. The van der Waals surface area contributed by atoms with E-state index in [1.165, 1.54) is 51.5 Å². The summed E-state index contributed by atoms with van der Waals surface area (Å²) in [5, 5.41) is 0. The zero-order chi connectivity index (χ0) is 10.4. The van der Waals surface area contributed by atoms with Gasteiger partial charge in [0.2, 0.25) is 0 Å². The summed E-state index contributed by atoms with van der Waals surface area (Å²) in [6.07, 6.45) is 9.97. The van der Waals surface area contributed by atoms with Crippen LogP contribution in [0.1, 0.15) is 65.7 Å². The van der Waals surface area contributed by atoms with Gasteiger partial charge in [-0.1, -0.05) is 39.5 Å². The molecule has 0 bridgehead atoms. The standard InChI is InChI=1S/C13H27N/c1-4-9-12(3)14(5-2)13-10-7-6-8-11-13/h12-13H,4-11H2,1-3H3. The number of hydrogen-bond donors (Lipinski definition) is 0. The van der Waals surface area contributed by atoms with Crippen LogP contribution >= 0.6 is 0 Å². The molecule has 0 spiro atoms. The zero-order valence-electron chi connectivity index (χ0n) is 10.3. The Morgan fingerprint density at radius 2 is 1.79 bits per heavy atom. The molecule has 1 saturated carbocycles. The van der Waals surface area contributed by atoms with Gasteiger partial charge in [0.1, 0.15) is 0 Å². The molecule has 84 valence electrons. The molecule has 1 heteroatoms. The molecule has 1 atom stereocenters. The Morgan fingerprint density at radius 1 is 1.14 bits per heavy atom. The molecule has 1 aliphatic rings. The minimum Gasteiger partial charge on any atom is -0.298 e. The van der Waals surface area contributed by atoms with Gasteiger partial charge in [0.15, 0.2) is 0 Å². The number of nitrogens with zero attached hydrogens (tertiary/aromatic N) is 1. The molecule has 0 amide bonds. The van der Waals surface area contributed by atoms with Gasteiger partial charge in [-0.2, -0.15) is 0 Å². The molecular weight excluding hydrogens is 170 g/mol. The SMILES string of the molecule is CCCC(C)N(CC)C1CCCCC1. The Hall–Kier alpha value is -0.0400. The first-order valence-corrected chi connectivity index (χ1v) is 6.55. The van der Waals surface area contributed by atoms with Gasteiger partial charge in [-0.05, 0) is 32.7 Å². The summed E-state index contributed by atoms with van der Waals surface area (Å²) < 4.78 is 0. The van der Waals surface area contributed by atoms with Gasteiger partial charge >= 0.3 is 0 Å². The van der Waals surface area contributed by atoms with Crippen LogP contribution in [-0.2, 0) is 0 Å². The van der Waals surface area contributed by atoms with Gasteiger partial charge in [-0.15, -0.1) is 0 Å². The summed E-state index contributed by atoms with van der Waals surface area (Å²) in [5.41, 5.74) is 0. The topological polar surface area (TPSA) is 3.24 Å². The molecule has 0 aliphatic heterocycles. The highest BCUT2D eigenvalue weighted by molar-refractivity contribution is 4.78. The van der Waals surface area contributed by atoms with Crippen LogP contribution in [0.5, 0.6) is 0 Å². The molecule has 0 aromatic carbocycles. The molecule has 0 N–H and O–H groups in total. The first kappa shape index (κ1) is 12.0. The molecule has 1 nitrogen and oxygen atoms in total. The van der Waals surface area contributed by atoms with E-state index in [2.05, 4.69) is 25.7 Å². The van der Waals surface area contributed by atoms with Gasteiger partial charge in [0.25, 0.3) is 0 Å². The smallest absolute Gasteiger partial charge is 0.00979 e. The zero-order valence-corrected chi connectivity index (χ0v) is 10.3. The quantitative estimate of drug-likeness (QED) is 0.647. The number of rotatable bonds is 5. The summed E-state index contributed by atoms with van der Waals surface area (Å²) >= 11 is 0. The molecule has 0 aromatic heterocycles. The van der Waals surface area contributed by atoms with E-state index in [4.69, 9.17) is 0 Å². The van der Waals surface area contributed by atoms with Crippen LogP contribution in [0.25, 0.3) is 0 Å². The van der Waals surface area contributed by atoms with E-state index in [0.29, 0.717) is 0 Å². The fourth-order valence-corrected chi connectivity index (χ4v) is 2.93. The fourth-order valence-electron chi connectivity index (χ4n) is 2.93. The molecule has 1 fully saturated rings. The third-order valence-corrected chi connectivity index (χ3v) is 3.68. The van der Waals surface area contributed by atoms with Crippen molar-refractivity contribution in [2.24, 2.45) is 0 Å². The molecule has 1 aliphatic carbocycles. The van der Waals surface area contributed by atoms with Crippen LogP contribution in [0.3, 0.4) is 0 Å². The monoisotopic (exact) mass is 197 g/mol. The van der Waals surface area contributed by atoms with Gasteiger partial charge in [-0.3, -0.25) is 4.90 Å². The Kier molecular flexibility index (Phi) is 5.54. The predicted molar refractivity (Wildman–Crippen MR) is 63.6 cm³/mol. The molecular formula is C13H27N. The fraction of sp³-hybridized carbons (Fsp3) is 1.00. The van der Waals surface area contributed by atoms with Crippen molar-refractivity contribution < 1.29 is 0 Å². The number of hydrogen-bond acceptors (Lipinski definition) is 1. The van der Waals surface area contributed by atoms with E-state index in [0.717, 1.165) is 12.1 Å². The maximum atomic E-state index is 2.74. The maximum Gasteiger partial charge on any atom is 0.00979 e. The molecule has 1 unspecified atom stereocenters. The van der Waals surface area contributed by atoms with E-state index in [1.807, 2.05) is 0 Å². The summed E-state index contributed by atoms with van der Waals surface area (Å²) in [6, 6.07) is 1.70. The van der Waals surface area contributed by atoms with Crippen molar-refractivity contribution in [1.82, 2.24) is 4.90 Å². The molecule has 0 radical (unpaired) electrons. The Morgan fingerprint density at radius 3 is 2.29 bits per heavy atom. The van der Waals surface area contributed by atoms with E-state index in [-0.39, 0.29) is 0 Å². The van der Waals surface area contributed by atoms with Crippen LogP contribution in [0.2, 0.25) is 0 Å². The second kappa shape index (κ2) is 6.44. The Bertz CT molecular complexity index is 138. The lowest BCUT2D eigenvalue weighted by Crippen LogP contribution is -2.42. The van der Waals surface area contributed by atoms with Crippen LogP contribution in [0.4, 0.5) is 0 Å². The van der Waals surface area contributed by atoms with Crippen LogP contribution in [0, 0.1) is 0 Å². The van der Waals surface area contributed by atoms with Crippen molar-refractivity contribution in [2.45, 2.75) is 77.8 Å². The maximum absolute atomic E-state index is 2.74. The van der Waals surface area contributed by atoms with Crippen molar-refractivity contribution in [2.75, 3.05) is 6.54 Å². The molecule has 14 heavy (non-hydrogen) atoms. The lowest BCUT2D eigenvalue weighted by Gasteiger charge is -2.37. The van der Waals surface area contributed by atoms with Crippen molar-refractivity contribution in [3.63, 3.8) is 0 Å². The first-order valence-electron chi connectivity index (χ1n) is 6.55. The average molecular weight is 197 g/mol. The lowest BCUT2D eigenvalue weighted by atomic mass is 9.93. The van der Waals surface area contributed by atoms with E-state index < -0.39 is 0 Å². The van der Waals surface area contributed by atoms with Crippen LogP contribution in [0.15, 0.2) is 0 Å². The van der Waals surface area contributed by atoms with Crippen LogP contribution < -0.4 is 0 Å². The van der Waals surface area contributed by atoms with Gasteiger partial charge in [-0.25, -0.2) is 0 Å². The van der Waals surface area contributed by atoms with Crippen LogP contribution in [-0.4, -0.2) is 23.5 Å². The predicted octanol–water partition coefficient (Wildman–Crippen LogP) is 3.83. The van der Waals surface area contributed by atoms with Gasteiger partial charge in [0, 0.05) is 12.1 Å². The third-order valence-electron chi connectivity index (χ3n) is 3.68.